The van der Waals surface area contributed by atoms with Gasteiger partial charge in [0, 0.05) is 46.3 Å². The van der Waals surface area contributed by atoms with Gasteiger partial charge in [0.15, 0.2) is 0 Å². The quantitative estimate of drug-likeness (QED) is 0.744. The van der Waals surface area contributed by atoms with Crippen molar-refractivity contribution >= 4 is 33.0 Å². The average Bonchev–Trinajstić information content (AvgIpc) is 3.14. The van der Waals surface area contributed by atoms with Crippen LogP contribution >= 0.6 is 15.9 Å². The van der Waals surface area contributed by atoms with Gasteiger partial charge >= 0.3 is 6.09 Å². The van der Waals surface area contributed by atoms with Gasteiger partial charge in [-0.1, -0.05) is 15.9 Å². The molecule has 7 heteroatoms. The highest BCUT2D eigenvalue weighted by Crippen LogP contribution is 2.35. The van der Waals surface area contributed by atoms with Gasteiger partial charge in [-0.25, -0.2) is 4.79 Å². The van der Waals surface area contributed by atoms with Crippen LogP contribution in [0.3, 0.4) is 0 Å². The first kappa shape index (κ1) is 14.3. The van der Waals surface area contributed by atoms with Gasteiger partial charge in [0.05, 0.1) is 13.1 Å². The van der Waals surface area contributed by atoms with Crippen molar-refractivity contribution in [1.29, 1.82) is 0 Å². The molecule has 1 aliphatic heterocycles. The van der Waals surface area contributed by atoms with Crippen LogP contribution in [0.5, 0.6) is 0 Å². The van der Waals surface area contributed by atoms with Crippen LogP contribution < -0.4 is 0 Å². The second-order valence-electron chi connectivity index (χ2n) is 5.60. The summed E-state index contributed by atoms with van der Waals surface area (Å²) in [7, 11) is 0. The van der Waals surface area contributed by atoms with Crippen molar-refractivity contribution in [1.82, 2.24) is 14.7 Å². The molecule has 23 heavy (non-hydrogen) atoms. The molecule has 1 amide bonds. The standard InChI is InChI=1S/C16H14BrN3O3/c17-11-6-10(8-20-4-1-3-18-20)15-12(7-11)13-9-19(16(21)22)5-2-14(13)23-15/h1,3-4,6-7H,2,5,8-9H2,(H,21,22). The second kappa shape index (κ2) is 5.42. The maximum absolute atomic E-state index is 11.2. The summed E-state index contributed by atoms with van der Waals surface area (Å²) in [6.07, 6.45) is 3.36. The monoisotopic (exact) mass is 375 g/mol. The van der Waals surface area contributed by atoms with Crippen LogP contribution in [-0.2, 0) is 19.5 Å². The first-order valence-corrected chi connectivity index (χ1v) is 8.09. The lowest BCUT2D eigenvalue weighted by Gasteiger charge is -2.23. The number of carbonyl (C=O) groups is 1. The molecule has 0 spiro atoms. The summed E-state index contributed by atoms with van der Waals surface area (Å²) in [6.45, 7) is 1.45. The SMILES string of the molecule is O=C(O)N1CCc2oc3c(Cn4cccn4)cc(Br)cc3c2C1. The van der Waals surface area contributed by atoms with Crippen LogP contribution in [0, 0.1) is 0 Å². The number of fused-ring (bicyclic) bond motifs is 3. The number of carboxylic acid groups (broad SMARTS) is 1. The number of rotatable bonds is 2. The van der Waals surface area contributed by atoms with Gasteiger partial charge in [0.25, 0.3) is 0 Å². The molecule has 1 N–H and O–H groups in total. The Morgan fingerprint density at radius 2 is 2.30 bits per heavy atom. The first-order chi connectivity index (χ1) is 11.1. The number of furan rings is 1. The van der Waals surface area contributed by atoms with Gasteiger partial charge in [-0.3, -0.25) is 4.68 Å². The minimum absolute atomic E-state index is 0.370. The van der Waals surface area contributed by atoms with Gasteiger partial charge in [0.1, 0.15) is 11.3 Å². The van der Waals surface area contributed by atoms with E-state index in [-0.39, 0.29) is 0 Å². The van der Waals surface area contributed by atoms with Crippen LogP contribution in [0.15, 0.2) is 39.5 Å². The summed E-state index contributed by atoms with van der Waals surface area (Å²) < 4.78 is 8.86. The van der Waals surface area contributed by atoms with Gasteiger partial charge < -0.3 is 14.4 Å². The van der Waals surface area contributed by atoms with E-state index in [9.17, 15) is 9.90 Å². The third-order valence-electron chi connectivity index (χ3n) is 4.14. The number of amides is 1. The maximum atomic E-state index is 11.2. The van der Waals surface area contributed by atoms with Crippen molar-refractivity contribution in [3.8, 4) is 0 Å². The average molecular weight is 376 g/mol. The van der Waals surface area contributed by atoms with Crippen molar-refractivity contribution in [3.63, 3.8) is 0 Å². The van der Waals surface area contributed by atoms with Gasteiger partial charge in [-0.15, -0.1) is 0 Å². The van der Waals surface area contributed by atoms with E-state index in [4.69, 9.17) is 4.42 Å². The van der Waals surface area contributed by atoms with Gasteiger partial charge in [-0.05, 0) is 18.2 Å². The van der Waals surface area contributed by atoms with E-state index < -0.39 is 6.09 Å². The van der Waals surface area contributed by atoms with Crippen LogP contribution in [-0.4, -0.2) is 32.4 Å². The molecular formula is C16H14BrN3O3. The van der Waals surface area contributed by atoms with E-state index >= 15 is 0 Å². The van der Waals surface area contributed by atoms with E-state index in [1.807, 2.05) is 29.1 Å². The molecule has 4 rings (SSSR count). The zero-order chi connectivity index (χ0) is 16.0. The lowest BCUT2D eigenvalue weighted by Crippen LogP contribution is -2.34. The predicted octanol–water partition coefficient (Wildman–Crippen LogP) is 3.48. The molecule has 0 aliphatic carbocycles. The molecular weight excluding hydrogens is 362 g/mol. The summed E-state index contributed by atoms with van der Waals surface area (Å²) in [6, 6.07) is 5.90. The van der Waals surface area contributed by atoms with Crippen molar-refractivity contribution in [2.45, 2.75) is 19.5 Å². The summed E-state index contributed by atoms with van der Waals surface area (Å²) >= 11 is 3.54. The van der Waals surface area contributed by atoms with Crippen molar-refractivity contribution in [2.75, 3.05) is 6.54 Å². The maximum Gasteiger partial charge on any atom is 0.407 e. The zero-order valence-electron chi connectivity index (χ0n) is 12.2. The number of aromatic nitrogens is 2. The van der Waals surface area contributed by atoms with Crippen LogP contribution in [0.4, 0.5) is 4.79 Å². The number of hydrogen-bond acceptors (Lipinski definition) is 3. The molecule has 2 aromatic heterocycles. The Balaban J connectivity index is 1.82. The topological polar surface area (TPSA) is 71.5 Å². The third kappa shape index (κ3) is 2.50. The minimum Gasteiger partial charge on any atom is -0.465 e. The van der Waals surface area contributed by atoms with E-state index in [1.165, 1.54) is 4.90 Å². The highest BCUT2D eigenvalue weighted by Gasteiger charge is 2.26. The second-order valence-corrected chi connectivity index (χ2v) is 6.52. The number of hydrogen-bond donors (Lipinski definition) is 1. The largest absolute Gasteiger partial charge is 0.465 e. The summed E-state index contributed by atoms with van der Waals surface area (Å²) in [5, 5.41) is 14.4. The van der Waals surface area contributed by atoms with E-state index in [0.717, 1.165) is 32.3 Å². The van der Waals surface area contributed by atoms with Crippen molar-refractivity contribution in [2.24, 2.45) is 0 Å². The van der Waals surface area contributed by atoms with Crippen LogP contribution in [0.2, 0.25) is 0 Å². The van der Waals surface area contributed by atoms with E-state index in [0.29, 0.717) is 26.1 Å². The highest BCUT2D eigenvalue weighted by molar-refractivity contribution is 9.10. The fraction of sp³-hybridized carbons (Fsp3) is 0.250. The predicted molar refractivity (Wildman–Crippen MR) is 87.4 cm³/mol. The molecule has 0 saturated carbocycles. The van der Waals surface area contributed by atoms with Crippen LogP contribution in [0.25, 0.3) is 11.0 Å². The third-order valence-corrected chi connectivity index (χ3v) is 4.60. The molecule has 0 unspecified atom stereocenters. The Morgan fingerprint density at radius 3 is 3.04 bits per heavy atom. The Labute approximate surface area is 140 Å². The molecule has 0 bridgehead atoms. The summed E-state index contributed by atoms with van der Waals surface area (Å²) in [4.78, 5) is 12.7. The Morgan fingerprint density at radius 1 is 1.43 bits per heavy atom. The number of benzene rings is 1. The summed E-state index contributed by atoms with van der Waals surface area (Å²) in [5.74, 6) is 0.886. The summed E-state index contributed by atoms with van der Waals surface area (Å²) in [5.41, 5.74) is 2.81. The number of halogens is 1. The molecule has 0 radical (unpaired) electrons. The molecule has 118 valence electrons. The van der Waals surface area contributed by atoms with Gasteiger partial charge in [-0.2, -0.15) is 5.10 Å². The van der Waals surface area contributed by atoms with E-state index in [1.54, 1.807) is 6.20 Å². The lowest BCUT2D eigenvalue weighted by atomic mass is 10.0. The molecule has 1 aliphatic rings. The molecule has 3 aromatic rings. The first-order valence-electron chi connectivity index (χ1n) is 7.30. The number of nitrogens with zero attached hydrogens (tertiary/aromatic N) is 3. The lowest BCUT2D eigenvalue weighted by molar-refractivity contribution is 0.138. The Hall–Kier alpha value is -2.28. The smallest absolute Gasteiger partial charge is 0.407 e. The molecule has 0 fully saturated rings. The fourth-order valence-electron chi connectivity index (χ4n) is 3.06. The molecule has 0 atom stereocenters. The highest BCUT2D eigenvalue weighted by atomic mass is 79.9. The fourth-order valence-corrected chi connectivity index (χ4v) is 3.57. The molecule has 6 nitrogen and oxygen atoms in total. The molecule has 0 saturated heterocycles. The van der Waals surface area contributed by atoms with Crippen molar-refractivity contribution in [3.05, 3.63) is 52.0 Å². The van der Waals surface area contributed by atoms with Crippen LogP contribution in [0.1, 0.15) is 16.9 Å². The normalized spacial score (nSPS) is 14.2. The molecule has 3 heterocycles. The van der Waals surface area contributed by atoms with Crippen molar-refractivity contribution < 1.29 is 14.3 Å². The molecule has 1 aromatic carbocycles. The zero-order valence-corrected chi connectivity index (χ0v) is 13.8. The Bertz CT molecular complexity index is 886. The minimum atomic E-state index is -0.892. The Kier molecular flexibility index (Phi) is 3.37. The van der Waals surface area contributed by atoms with E-state index in [2.05, 4.69) is 21.0 Å². The van der Waals surface area contributed by atoms with Gasteiger partial charge in [0.2, 0.25) is 0 Å².